The largest absolute Gasteiger partial charge is 0.339 e. The fourth-order valence-corrected chi connectivity index (χ4v) is 3.70. The molecule has 5 nitrogen and oxygen atoms in total. The molecule has 1 atom stereocenters. The molecule has 1 amide bonds. The summed E-state index contributed by atoms with van der Waals surface area (Å²) < 4.78 is 1.95. The zero-order valence-corrected chi connectivity index (χ0v) is 13.8. The maximum atomic E-state index is 12.6. The summed E-state index contributed by atoms with van der Waals surface area (Å²) in [5, 5.41) is 7.27. The van der Waals surface area contributed by atoms with E-state index in [9.17, 15) is 4.79 Å². The van der Waals surface area contributed by atoms with Crippen molar-refractivity contribution in [3.05, 3.63) is 34.5 Å². The summed E-state index contributed by atoms with van der Waals surface area (Å²) in [6.45, 7) is 3.73. The maximum Gasteiger partial charge on any atom is 0.228 e. The topological polar surface area (TPSA) is 51.0 Å². The molecule has 0 aromatic carbocycles. The monoisotopic (exact) mass is 318 g/mol. The van der Waals surface area contributed by atoms with Crippen molar-refractivity contribution >= 4 is 17.2 Å². The molecule has 0 N–H and O–H groups in total. The minimum absolute atomic E-state index is 0.218. The first kappa shape index (κ1) is 15.2. The first-order valence-electron chi connectivity index (χ1n) is 7.90. The fourth-order valence-electron chi connectivity index (χ4n) is 3.09. The van der Waals surface area contributed by atoms with Gasteiger partial charge in [-0.3, -0.25) is 9.48 Å². The van der Waals surface area contributed by atoms with Crippen LogP contribution in [0.2, 0.25) is 0 Å². The molecule has 0 saturated carbocycles. The van der Waals surface area contributed by atoms with Crippen molar-refractivity contribution in [1.29, 1.82) is 0 Å². The van der Waals surface area contributed by atoms with Crippen molar-refractivity contribution in [1.82, 2.24) is 19.7 Å². The lowest BCUT2D eigenvalue weighted by molar-refractivity contribution is -0.134. The highest BCUT2D eigenvalue weighted by atomic mass is 32.1. The number of piperidine rings is 1. The molecule has 118 valence electrons. The number of aromatic nitrogens is 3. The molecule has 0 bridgehead atoms. The first-order chi connectivity index (χ1) is 10.7. The minimum atomic E-state index is 0.218. The predicted molar refractivity (Wildman–Crippen MR) is 86.8 cm³/mol. The van der Waals surface area contributed by atoms with Crippen LogP contribution in [-0.2, 0) is 17.8 Å². The third-order valence-electron chi connectivity index (χ3n) is 4.20. The molecule has 1 fully saturated rings. The third-order valence-corrected chi connectivity index (χ3v) is 5.02. The standard InChI is InChI=1S/C16H22N4OS/c1-13-18-14(12-22-13)11-16(21)20-9-3-2-5-15(20)6-10-19-8-4-7-17-19/h4,7-8,12,15H,2-3,5-6,9-11H2,1H3. The van der Waals surface area contributed by atoms with Crippen LogP contribution in [0.4, 0.5) is 0 Å². The molecule has 1 saturated heterocycles. The van der Waals surface area contributed by atoms with Gasteiger partial charge in [0.05, 0.1) is 17.1 Å². The Bertz CT molecular complexity index is 607. The Balaban J connectivity index is 1.60. The van der Waals surface area contributed by atoms with Gasteiger partial charge in [0, 0.05) is 36.9 Å². The number of aryl methyl sites for hydroxylation is 2. The molecule has 1 aliphatic rings. The molecule has 3 rings (SSSR count). The highest BCUT2D eigenvalue weighted by Gasteiger charge is 2.26. The van der Waals surface area contributed by atoms with Gasteiger partial charge in [0.2, 0.25) is 5.91 Å². The van der Waals surface area contributed by atoms with Crippen LogP contribution < -0.4 is 0 Å². The van der Waals surface area contributed by atoms with Crippen molar-refractivity contribution in [3.63, 3.8) is 0 Å². The molecule has 0 aliphatic carbocycles. The third kappa shape index (κ3) is 3.74. The Morgan fingerprint density at radius 1 is 1.45 bits per heavy atom. The van der Waals surface area contributed by atoms with E-state index in [2.05, 4.69) is 15.0 Å². The van der Waals surface area contributed by atoms with Crippen molar-refractivity contribution in [2.24, 2.45) is 0 Å². The molecule has 1 unspecified atom stereocenters. The molecule has 2 aromatic rings. The normalized spacial score (nSPS) is 18.6. The summed E-state index contributed by atoms with van der Waals surface area (Å²) in [6, 6.07) is 2.28. The number of rotatable bonds is 5. The summed E-state index contributed by atoms with van der Waals surface area (Å²) >= 11 is 1.61. The van der Waals surface area contributed by atoms with E-state index in [1.807, 2.05) is 29.2 Å². The Hall–Kier alpha value is -1.69. The Labute approximate surface area is 135 Å². The van der Waals surface area contributed by atoms with Gasteiger partial charge in [-0.25, -0.2) is 4.98 Å². The van der Waals surface area contributed by atoms with Gasteiger partial charge >= 0.3 is 0 Å². The fraction of sp³-hybridized carbons (Fsp3) is 0.562. The molecule has 0 radical (unpaired) electrons. The summed E-state index contributed by atoms with van der Waals surface area (Å²) in [6.07, 6.45) is 8.61. The molecular weight excluding hydrogens is 296 g/mol. The van der Waals surface area contributed by atoms with Crippen molar-refractivity contribution in [2.45, 2.75) is 51.6 Å². The Morgan fingerprint density at radius 2 is 2.36 bits per heavy atom. The van der Waals surface area contributed by atoms with Crippen LogP contribution in [-0.4, -0.2) is 38.2 Å². The van der Waals surface area contributed by atoms with Crippen LogP contribution in [0.25, 0.3) is 0 Å². The Morgan fingerprint density at radius 3 is 3.09 bits per heavy atom. The van der Waals surface area contributed by atoms with E-state index in [1.54, 1.807) is 17.5 Å². The van der Waals surface area contributed by atoms with Gasteiger partial charge < -0.3 is 4.90 Å². The lowest BCUT2D eigenvalue weighted by Crippen LogP contribution is -2.45. The van der Waals surface area contributed by atoms with E-state index in [0.29, 0.717) is 12.5 Å². The van der Waals surface area contributed by atoms with Gasteiger partial charge in [0.15, 0.2) is 0 Å². The summed E-state index contributed by atoms with van der Waals surface area (Å²) in [5.41, 5.74) is 0.906. The minimum Gasteiger partial charge on any atom is -0.339 e. The number of hydrogen-bond donors (Lipinski definition) is 0. The highest BCUT2D eigenvalue weighted by Crippen LogP contribution is 2.21. The number of likely N-dealkylation sites (tertiary alicyclic amines) is 1. The van der Waals surface area contributed by atoms with Gasteiger partial charge in [-0.2, -0.15) is 5.10 Å². The van der Waals surface area contributed by atoms with E-state index in [-0.39, 0.29) is 5.91 Å². The number of hydrogen-bond acceptors (Lipinski definition) is 4. The predicted octanol–water partition coefficient (Wildman–Crippen LogP) is 2.66. The highest BCUT2D eigenvalue weighted by molar-refractivity contribution is 7.09. The number of carbonyl (C=O) groups is 1. The lowest BCUT2D eigenvalue weighted by Gasteiger charge is -2.36. The van der Waals surface area contributed by atoms with Crippen LogP contribution in [0.5, 0.6) is 0 Å². The molecule has 1 aliphatic heterocycles. The molecule has 2 aromatic heterocycles. The van der Waals surface area contributed by atoms with E-state index in [0.717, 1.165) is 43.1 Å². The zero-order chi connectivity index (χ0) is 15.4. The lowest BCUT2D eigenvalue weighted by atomic mass is 9.98. The van der Waals surface area contributed by atoms with Crippen molar-refractivity contribution < 1.29 is 4.79 Å². The SMILES string of the molecule is Cc1nc(CC(=O)N2CCCCC2CCn2cccn2)cs1. The number of thiazole rings is 1. The van der Waals surface area contributed by atoms with E-state index in [4.69, 9.17) is 0 Å². The van der Waals surface area contributed by atoms with Crippen LogP contribution in [0.15, 0.2) is 23.8 Å². The molecule has 6 heteroatoms. The van der Waals surface area contributed by atoms with E-state index < -0.39 is 0 Å². The van der Waals surface area contributed by atoms with Crippen molar-refractivity contribution in [2.75, 3.05) is 6.54 Å². The number of nitrogens with zero attached hydrogens (tertiary/aromatic N) is 4. The average molecular weight is 318 g/mol. The van der Waals surface area contributed by atoms with E-state index in [1.165, 1.54) is 6.42 Å². The average Bonchev–Trinajstić information content (AvgIpc) is 3.17. The van der Waals surface area contributed by atoms with Gasteiger partial charge in [0.25, 0.3) is 0 Å². The summed E-state index contributed by atoms with van der Waals surface area (Å²) in [4.78, 5) is 19.1. The second-order valence-corrected chi connectivity index (χ2v) is 6.89. The molecule has 0 spiro atoms. The van der Waals surface area contributed by atoms with Gasteiger partial charge in [-0.05, 0) is 38.7 Å². The smallest absolute Gasteiger partial charge is 0.228 e. The molecular formula is C16H22N4OS. The maximum absolute atomic E-state index is 12.6. The molecule has 3 heterocycles. The summed E-state index contributed by atoms with van der Waals surface area (Å²) in [7, 11) is 0. The van der Waals surface area contributed by atoms with Crippen LogP contribution in [0, 0.1) is 6.92 Å². The van der Waals surface area contributed by atoms with Crippen LogP contribution >= 0.6 is 11.3 Å². The number of amides is 1. The second kappa shape index (κ2) is 7.05. The quantitative estimate of drug-likeness (QED) is 0.851. The second-order valence-electron chi connectivity index (χ2n) is 5.83. The van der Waals surface area contributed by atoms with E-state index >= 15 is 0 Å². The van der Waals surface area contributed by atoms with Gasteiger partial charge in [-0.15, -0.1) is 11.3 Å². The van der Waals surface area contributed by atoms with Crippen molar-refractivity contribution in [3.8, 4) is 0 Å². The first-order valence-corrected chi connectivity index (χ1v) is 8.78. The Kier molecular flexibility index (Phi) is 4.87. The zero-order valence-electron chi connectivity index (χ0n) is 12.9. The van der Waals surface area contributed by atoms with Crippen LogP contribution in [0.1, 0.15) is 36.4 Å². The summed E-state index contributed by atoms with van der Waals surface area (Å²) in [5.74, 6) is 0.218. The number of carbonyl (C=O) groups excluding carboxylic acids is 1. The van der Waals surface area contributed by atoms with Gasteiger partial charge in [-0.1, -0.05) is 0 Å². The van der Waals surface area contributed by atoms with Crippen LogP contribution in [0.3, 0.4) is 0 Å². The molecule has 22 heavy (non-hydrogen) atoms. The van der Waals surface area contributed by atoms with Gasteiger partial charge in [0.1, 0.15) is 0 Å².